The Morgan fingerprint density at radius 1 is 1.00 bits per heavy atom. The number of aromatic nitrogens is 3. The van der Waals surface area contributed by atoms with E-state index in [9.17, 15) is 18.4 Å². The highest BCUT2D eigenvalue weighted by atomic mass is 19.1. The average molecular weight is 460 g/mol. The summed E-state index contributed by atoms with van der Waals surface area (Å²) >= 11 is 0. The summed E-state index contributed by atoms with van der Waals surface area (Å²) in [4.78, 5) is 30.6. The van der Waals surface area contributed by atoms with Crippen LogP contribution < -0.4 is 15.6 Å². The first kappa shape index (κ1) is 21.3. The zero-order valence-corrected chi connectivity index (χ0v) is 18.0. The maximum atomic E-state index is 14.0. The van der Waals surface area contributed by atoms with Gasteiger partial charge in [0.15, 0.2) is 0 Å². The van der Waals surface area contributed by atoms with Gasteiger partial charge in [0.05, 0.1) is 29.5 Å². The monoisotopic (exact) mass is 460 g/mol. The minimum Gasteiger partial charge on any atom is -0.497 e. The number of rotatable bonds is 5. The third-order valence-electron chi connectivity index (χ3n) is 5.43. The zero-order valence-electron chi connectivity index (χ0n) is 18.0. The van der Waals surface area contributed by atoms with Crippen LogP contribution in [0.5, 0.6) is 5.75 Å². The number of ether oxygens (including phenoxy) is 1. The van der Waals surface area contributed by atoms with Crippen molar-refractivity contribution >= 4 is 28.4 Å². The molecule has 0 saturated heterocycles. The Morgan fingerprint density at radius 2 is 1.79 bits per heavy atom. The van der Waals surface area contributed by atoms with Crippen LogP contribution in [0, 0.1) is 11.6 Å². The van der Waals surface area contributed by atoms with Gasteiger partial charge in [0.2, 0.25) is 11.7 Å². The van der Waals surface area contributed by atoms with Crippen LogP contribution in [-0.4, -0.2) is 27.0 Å². The van der Waals surface area contributed by atoms with Crippen molar-refractivity contribution in [3.63, 3.8) is 0 Å². The van der Waals surface area contributed by atoms with Gasteiger partial charge in [0, 0.05) is 17.7 Å². The van der Waals surface area contributed by atoms with Crippen molar-refractivity contribution in [3.8, 4) is 17.0 Å². The molecule has 0 fully saturated rings. The molecule has 1 N–H and O–H groups in total. The lowest BCUT2D eigenvalue weighted by molar-refractivity contribution is -0.116. The second-order valence-electron chi connectivity index (χ2n) is 7.59. The molecule has 2 aromatic heterocycles. The highest BCUT2D eigenvalue weighted by molar-refractivity contribution is 5.93. The van der Waals surface area contributed by atoms with Crippen molar-refractivity contribution < 1.29 is 18.3 Å². The molecule has 7 nitrogen and oxygen atoms in total. The van der Waals surface area contributed by atoms with Crippen LogP contribution in [0.15, 0.2) is 77.6 Å². The number of para-hydroxylation sites is 2. The number of carbonyl (C=O) groups is 1. The highest BCUT2D eigenvalue weighted by Gasteiger charge is 2.18. The van der Waals surface area contributed by atoms with E-state index in [1.54, 1.807) is 60.2 Å². The lowest BCUT2D eigenvalue weighted by atomic mass is 10.1. The molecule has 0 atom stereocenters. The number of benzene rings is 3. The number of amides is 1. The van der Waals surface area contributed by atoms with Gasteiger partial charge >= 0.3 is 0 Å². The molecular weight excluding hydrogens is 442 g/mol. The van der Waals surface area contributed by atoms with Crippen LogP contribution in [0.1, 0.15) is 0 Å². The summed E-state index contributed by atoms with van der Waals surface area (Å²) in [6.45, 7) is -0.248. The number of nitrogens with one attached hydrogen (secondary N) is 1. The molecule has 0 aliphatic carbocycles. The first-order valence-corrected chi connectivity index (χ1v) is 10.3. The molecule has 9 heteroatoms. The number of carbonyl (C=O) groups excluding carboxylic acids is 1. The predicted octanol–water partition coefficient (Wildman–Crippen LogP) is 4.24. The highest BCUT2D eigenvalue weighted by Crippen LogP contribution is 2.24. The number of imidazole rings is 1. The van der Waals surface area contributed by atoms with Crippen molar-refractivity contribution in [1.29, 1.82) is 0 Å². The van der Waals surface area contributed by atoms with Crippen LogP contribution in [0.2, 0.25) is 0 Å². The molecule has 5 aromatic rings. The van der Waals surface area contributed by atoms with Crippen molar-refractivity contribution in [2.45, 2.75) is 6.54 Å². The minimum absolute atomic E-state index is 0.144. The number of fused-ring (bicyclic) bond motifs is 3. The molecule has 3 aromatic carbocycles. The van der Waals surface area contributed by atoms with Gasteiger partial charge in [-0.25, -0.2) is 18.2 Å². The molecule has 0 bridgehead atoms. The smallest absolute Gasteiger partial charge is 0.260 e. The molecule has 1 amide bonds. The zero-order chi connectivity index (χ0) is 23.8. The number of hydrogen-bond acceptors (Lipinski definition) is 4. The van der Waals surface area contributed by atoms with Crippen molar-refractivity contribution in [2.24, 2.45) is 0 Å². The van der Waals surface area contributed by atoms with Gasteiger partial charge in [0.1, 0.15) is 23.9 Å². The van der Waals surface area contributed by atoms with E-state index in [-0.39, 0.29) is 23.6 Å². The van der Waals surface area contributed by atoms with Crippen LogP contribution in [0.3, 0.4) is 0 Å². The fourth-order valence-electron chi connectivity index (χ4n) is 3.88. The maximum absolute atomic E-state index is 14.0. The minimum atomic E-state index is -0.884. The average Bonchev–Trinajstić information content (AvgIpc) is 3.15. The first-order chi connectivity index (χ1) is 16.4. The van der Waals surface area contributed by atoms with Crippen molar-refractivity contribution in [3.05, 3.63) is 94.8 Å². The number of halogens is 2. The Balaban J connectivity index is 1.62. The quantitative estimate of drug-likeness (QED) is 0.426. The fourth-order valence-corrected chi connectivity index (χ4v) is 3.88. The Kier molecular flexibility index (Phi) is 5.29. The lowest BCUT2D eigenvalue weighted by Gasteiger charge is -2.09. The summed E-state index contributed by atoms with van der Waals surface area (Å²) < 4.78 is 35.5. The van der Waals surface area contributed by atoms with Gasteiger partial charge in [-0.1, -0.05) is 24.3 Å². The number of anilines is 1. The summed E-state index contributed by atoms with van der Waals surface area (Å²) in [6.07, 6.45) is 0. The second kappa shape index (κ2) is 8.43. The molecule has 170 valence electrons. The Morgan fingerprint density at radius 3 is 2.56 bits per heavy atom. The van der Waals surface area contributed by atoms with Crippen molar-refractivity contribution in [2.75, 3.05) is 12.4 Å². The van der Waals surface area contributed by atoms with Crippen LogP contribution in [0.4, 0.5) is 14.5 Å². The standard InChI is InChI=1S/C25H18F2N4O3/c1-34-17-6-4-5-15(11-17)20-13-24(33)31-22-8-3-2-7-21(22)30(25(31)29-20)14-23(32)28-19-10-9-16(26)12-18(19)27/h2-13H,14H2,1H3,(H,28,32). The summed E-state index contributed by atoms with van der Waals surface area (Å²) in [5, 5.41) is 2.45. The van der Waals surface area contributed by atoms with Crippen molar-refractivity contribution in [1.82, 2.24) is 14.0 Å². The van der Waals surface area contributed by atoms with E-state index in [0.717, 1.165) is 12.1 Å². The molecule has 0 aliphatic rings. The van der Waals surface area contributed by atoms with Crippen LogP contribution in [0.25, 0.3) is 28.1 Å². The summed E-state index contributed by atoms with van der Waals surface area (Å²) in [5.41, 5.74) is 1.81. The molecule has 34 heavy (non-hydrogen) atoms. The third kappa shape index (κ3) is 3.77. The summed E-state index contributed by atoms with van der Waals surface area (Å²) in [5.74, 6) is -1.33. The number of methoxy groups -OCH3 is 1. The lowest BCUT2D eigenvalue weighted by Crippen LogP contribution is -2.21. The first-order valence-electron chi connectivity index (χ1n) is 10.3. The van der Waals surface area contributed by atoms with E-state index in [1.165, 1.54) is 10.5 Å². The molecule has 2 heterocycles. The molecule has 0 spiro atoms. The Hall–Kier alpha value is -4.53. The van der Waals surface area contributed by atoms with E-state index in [1.807, 2.05) is 0 Å². The Bertz CT molecular complexity index is 1620. The van der Waals surface area contributed by atoms with E-state index >= 15 is 0 Å². The van der Waals surface area contributed by atoms with E-state index in [2.05, 4.69) is 10.3 Å². The topological polar surface area (TPSA) is 77.6 Å². The molecule has 0 aliphatic heterocycles. The van der Waals surface area contributed by atoms with E-state index in [4.69, 9.17) is 4.74 Å². The molecule has 0 saturated carbocycles. The number of hydrogen-bond donors (Lipinski definition) is 1. The van der Waals surface area contributed by atoms with Gasteiger partial charge < -0.3 is 14.6 Å². The maximum Gasteiger partial charge on any atom is 0.260 e. The summed E-state index contributed by atoms with van der Waals surface area (Å²) in [6, 6.07) is 18.5. The molecule has 0 radical (unpaired) electrons. The van der Waals surface area contributed by atoms with Gasteiger partial charge in [0.25, 0.3) is 5.56 Å². The normalized spacial score (nSPS) is 11.1. The predicted molar refractivity (Wildman–Crippen MR) is 124 cm³/mol. The molecule has 5 rings (SSSR count). The van der Waals surface area contributed by atoms with Gasteiger partial charge in [-0.3, -0.25) is 9.59 Å². The second-order valence-corrected chi connectivity index (χ2v) is 7.59. The Labute approximate surface area is 191 Å². The van der Waals surface area contributed by atoms with Gasteiger partial charge in [-0.05, 0) is 36.4 Å². The molecule has 0 unspecified atom stereocenters. The number of nitrogens with zero attached hydrogens (tertiary/aromatic N) is 3. The van der Waals surface area contributed by atoms with Gasteiger partial charge in [-0.15, -0.1) is 0 Å². The van der Waals surface area contributed by atoms with Crippen LogP contribution in [-0.2, 0) is 11.3 Å². The summed E-state index contributed by atoms with van der Waals surface area (Å²) in [7, 11) is 1.55. The third-order valence-corrected chi connectivity index (χ3v) is 5.43. The van der Waals surface area contributed by atoms with E-state index < -0.39 is 17.5 Å². The largest absolute Gasteiger partial charge is 0.497 e. The van der Waals surface area contributed by atoms with Crippen LogP contribution >= 0.6 is 0 Å². The fraction of sp³-hybridized carbons (Fsp3) is 0.0800. The van der Waals surface area contributed by atoms with E-state index in [0.29, 0.717) is 34.1 Å². The van der Waals surface area contributed by atoms with Gasteiger partial charge in [-0.2, -0.15) is 0 Å². The molecular formula is C25H18F2N4O3. The SMILES string of the molecule is COc1cccc(-c2cc(=O)n3c4ccccc4n(CC(=O)Nc4ccc(F)cc4F)c3n2)c1.